The predicted octanol–water partition coefficient (Wildman–Crippen LogP) is 2.67. The number of Topliss-reactive ketones (excluding diaryl/α,β-unsaturated/α-hetero) is 1. The molecule has 0 unspecified atom stereocenters. The smallest absolute Gasteiger partial charge is 0.171 e. The van der Waals surface area contributed by atoms with Gasteiger partial charge in [0, 0.05) is 29.5 Å². The van der Waals surface area contributed by atoms with E-state index in [1.165, 1.54) is 13.3 Å². The fourth-order valence-electron chi connectivity index (χ4n) is 1.61. The molecule has 0 bridgehead atoms. The first-order valence-electron chi connectivity index (χ1n) is 5.31. The maximum atomic E-state index is 12.2. The molecule has 0 aliphatic carbocycles. The van der Waals surface area contributed by atoms with Gasteiger partial charge in [0.05, 0.1) is 18.9 Å². The molecular formula is C13H11BrN2O2. The molecule has 0 spiro atoms. The second-order valence-electron chi connectivity index (χ2n) is 3.69. The third-order valence-corrected chi connectivity index (χ3v) is 2.86. The van der Waals surface area contributed by atoms with Crippen LogP contribution in [0.2, 0.25) is 0 Å². The van der Waals surface area contributed by atoms with Crippen molar-refractivity contribution in [1.29, 1.82) is 0 Å². The standard InChI is InChI=1S/C13H11BrN2O2/c1-18-13-8-15-3-2-11(13)12(17)5-9-4-10(14)7-16-6-9/h2-4,6-8H,5H2,1H3. The molecule has 18 heavy (non-hydrogen) atoms. The monoisotopic (exact) mass is 306 g/mol. The fraction of sp³-hybridized carbons (Fsp3) is 0.154. The molecule has 0 aliphatic rings. The van der Waals surface area contributed by atoms with Gasteiger partial charge in [0.15, 0.2) is 5.78 Å². The van der Waals surface area contributed by atoms with E-state index in [0.717, 1.165) is 10.0 Å². The second kappa shape index (κ2) is 5.73. The van der Waals surface area contributed by atoms with Crippen LogP contribution in [-0.4, -0.2) is 22.9 Å². The van der Waals surface area contributed by atoms with Crippen molar-refractivity contribution in [2.24, 2.45) is 0 Å². The minimum atomic E-state index is -0.0193. The van der Waals surface area contributed by atoms with Crippen molar-refractivity contribution in [3.63, 3.8) is 0 Å². The molecule has 0 atom stereocenters. The largest absolute Gasteiger partial charge is 0.494 e. The molecular weight excluding hydrogens is 296 g/mol. The van der Waals surface area contributed by atoms with Gasteiger partial charge in [-0.2, -0.15) is 0 Å². The van der Waals surface area contributed by atoms with Crippen molar-refractivity contribution in [3.8, 4) is 5.75 Å². The molecule has 0 amide bonds. The summed E-state index contributed by atoms with van der Waals surface area (Å²) in [7, 11) is 1.52. The van der Waals surface area contributed by atoms with E-state index in [4.69, 9.17) is 4.74 Å². The molecule has 0 aliphatic heterocycles. The number of aromatic nitrogens is 2. The summed E-state index contributed by atoms with van der Waals surface area (Å²) >= 11 is 3.33. The summed E-state index contributed by atoms with van der Waals surface area (Å²) in [6.07, 6.45) is 6.76. The summed E-state index contributed by atoms with van der Waals surface area (Å²) in [4.78, 5) is 20.1. The van der Waals surface area contributed by atoms with Crippen LogP contribution in [0, 0.1) is 0 Å². The van der Waals surface area contributed by atoms with E-state index >= 15 is 0 Å². The Morgan fingerprint density at radius 2 is 2.17 bits per heavy atom. The Morgan fingerprint density at radius 1 is 1.33 bits per heavy atom. The Kier molecular flexibility index (Phi) is 4.04. The minimum Gasteiger partial charge on any atom is -0.494 e. The number of rotatable bonds is 4. The van der Waals surface area contributed by atoms with E-state index in [1.807, 2.05) is 6.07 Å². The molecule has 2 heterocycles. The lowest BCUT2D eigenvalue weighted by molar-refractivity contribution is 0.0990. The molecule has 2 aromatic rings. The third-order valence-electron chi connectivity index (χ3n) is 2.43. The lowest BCUT2D eigenvalue weighted by Gasteiger charge is -2.06. The Hall–Kier alpha value is -1.75. The van der Waals surface area contributed by atoms with E-state index in [9.17, 15) is 4.79 Å². The van der Waals surface area contributed by atoms with E-state index in [0.29, 0.717) is 11.3 Å². The number of carbonyl (C=O) groups excluding carboxylic acids is 1. The highest BCUT2D eigenvalue weighted by Gasteiger charge is 2.12. The predicted molar refractivity (Wildman–Crippen MR) is 70.8 cm³/mol. The van der Waals surface area contributed by atoms with Crippen LogP contribution in [0.3, 0.4) is 0 Å². The van der Waals surface area contributed by atoms with Crippen molar-refractivity contribution in [2.45, 2.75) is 6.42 Å². The van der Waals surface area contributed by atoms with Crippen molar-refractivity contribution in [3.05, 3.63) is 52.5 Å². The van der Waals surface area contributed by atoms with Crippen molar-refractivity contribution < 1.29 is 9.53 Å². The molecule has 5 heteroatoms. The zero-order valence-electron chi connectivity index (χ0n) is 9.76. The highest BCUT2D eigenvalue weighted by atomic mass is 79.9. The molecule has 0 fully saturated rings. The quantitative estimate of drug-likeness (QED) is 0.815. The van der Waals surface area contributed by atoms with Gasteiger partial charge in [-0.25, -0.2) is 0 Å². The van der Waals surface area contributed by atoms with Crippen LogP contribution in [0.5, 0.6) is 5.75 Å². The highest BCUT2D eigenvalue weighted by Crippen LogP contribution is 2.19. The average molecular weight is 307 g/mol. The molecule has 4 nitrogen and oxygen atoms in total. The number of halogens is 1. The molecule has 0 saturated heterocycles. The molecule has 2 aromatic heterocycles. The van der Waals surface area contributed by atoms with Gasteiger partial charge in [-0.1, -0.05) is 0 Å². The van der Waals surface area contributed by atoms with E-state index in [2.05, 4.69) is 25.9 Å². The van der Waals surface area contributed by atoms with Crippen LogP contribution >= 0.6 is 15.9 Å². The average Bonchev–Trinajstić information content (AvgIpc) is 2.38. The number of nitrogens with zero attached hydrogens (tertiary/aromatic N) is 2. The Balaban J connectivity index is 2.22. The zero-order chi connectivity index (χ0) is 13.0. The van der Waals surface area contributed by atoms with Crippen LogP contribution in [0.15, 0.2) is 41.4 Å². The number of ketones is 1. The summed E-state index contributed by atoms with van der Waals surface area (Å²) in [6, 6.07) is 3.53. The van der Waals surface area contributed by atoms with E-state index in [-0.39, 0.29) is 12.2 Å². The maximum absolute atomic E-state index is 12.2. The van der Waals surface area contributed by atoms with Gasteiger partial charge < -0.3 is 4.74 Å². The minimum absolute atomic E-state index is 0.0193. The fourth-order valence-corrected chi connectivity index (χ4v) is 2.02. The van der Waals surface area contributed by atoms with Crippen LogP contribution in [0.25, 0.3) is 0 Å². The van der Waals surface area contributed by atoms with E-state index in [1.54, 1.807) is 24.7 Å². The van der Waals surface area contributed by atoms with Crippen LogP contribution < -0.4 is 4.74 Å². The Morgan fingerprint density at radius 3 is 2.89 bits per heavy atom. The molecule has 92 valence electrons. The molecule has 0 saturated carbocycles. The van der Waals surface area contributed by atoms with Gasteiger partial charge in [0.1, 0.15) is 5.75 Å². The lowest BCUT2D eigenvalue weighted by Crippen LogP contribution is -2.06. The van der Waals surface area contributed by atoms with E-state index < -0.39 is 0 Å². The first kappa shape index (κ1) is 12.7. The Labute approximate surface area is 113 Å². The molecule has 0 radical (unpaired) electrons. The van der Waals surface area contributed by atoms with Gasteiger partial charge in [0.2, 0.25) is 0 Å². The highest BCUT2D eigenvalue weighted by molar-refractivity contribution is 9.10. The second-order valence-corrected chi connectivity index (χ2v) is 4.60. The summed E-state index contributed by atoms with van der Waals surface area (Å²) in [5.74, 6) is 0.472. The van der Waals surface area contributed by atoms with Crippen molar-refractivity contribution in [1.82, 2.24) is 9.97 Å². The van der Waals surface area contributed by atoms with Gasteiger partial charge in [-0.3, -0.25) is 14.8 Å². The number of hydrogen-bond acceptors (Lipinski definition) is 4. The number of hydrogen-bond donors (Lipinski definition) is 0. The van der Waals surface area contributed by atoms with Gasteiger partial charge >= 0.3 is 0 Å². The summed E-state index contributed by atoms with van der Waals surface area (Å²) < 4.78 is 5.98. The zero-order valence-corrected chi connectivity index (χ0v) is 11.3. The maximum Gasteiger partial charge on any atom is 0.171 e. The van der Waals surface area contributed by atoms with Gasteiger partial charge in [0.25, 0.3) is 0 Å². The first-order valence-corrected chi connectivity index (χ1v) is 6.10. The van der Waals surface area contributed by atoms with Crippen molar-refractivity contribution >= 4 is 21.7 Å². The first-order chi connectivity index (χ1) is 8.70. The van der Waals surface area contributed by atoms with Crippen LogP contribution in [0.1, 0.15) is 15.9 Å². The van der Waals surface area contributed by atoms with Crippen LogP contribution in [-0.2, 0) is 6.42 Å². The summed E-state index contributed by atoms with van der Waals surface area (Å²) in [6.45, 7) is 0. The topological polar surface area (TPSA) is 52.1 Å². The normalized spacial score (nSPS) is 10.1. The van der Waals surface area contributed by atoms with Crippen LogP contribution in [0.4, 0.5) is 0 Å². The third kappa shape index (κ3) is 2.92. The summed E-state index contributed by atoms with van der Waals surface area (Å²) in [5.41, 5.74) is 1.39. The SMILES string of the molecule is COc1cnccc1C(=O)Cc1cncc(Br)c1. The number of ether oxygens (including phenoxy) is 1. The number of methoxy groups -OCH3 is 1. The summed E-state index contributed by atoms with van der Waals surface area (Å²) in [5, 5.41) is 0. The van der Waals surface area contributed by atoms with Crippen molar-refractivity contribution in [2.75, 3.05) is 7.11 Å². The lowest BCUT2D eigenvalue weighted by atomic mass is 10.0. The Bertz CT molecular complexity index is 572. The number of pyridine rings is 2. The molecule has 2 rings (SSSR count). The van der Waals surface area contributed by atoms with Gasteiger partial charge in [-0.05, 0) is 33.6 Å². The van der Waals surface area contributed by atoms with Gasteiger partial charge in [-0.15, -0.1) is 0 Å². The molecule has 0 aromatic carbocycles. The number of carbonyl (C=O) groups is 1. The molecule has 0 N–H and O–H groups in total.